The Bertz CT molecular complexity index is 894. The van der Waals surface area contributed by atoms with Crippen LogP contribution in [0.15, 0.2) is 48.5 Å². The average molecular weight is 393 g/mol. The van der Waals surface area contributed by atoms with E-state index >= 15 is 0 Å². The third kappa shape index (κ3) is 3.00. The Morgan fingerprint density at radius 2 is 1.72 bits per heavy atom. The number of nitrogens with zero attached hydrogens (tertiary/aromatic N) is 1. The van der Waals surface area contributed by atoms with Gasteiger partial charge < -0.3 is 9.84 Å². The highest BCUT2D eigenvalue weighted by atomic mass is 16.6. The lowest BCUT2D eigenvalue weighted by atomic mass is 9.81. The number of ether oxygens (including phenoxy) is 1. The van der Waals surface area contributed by atoms with Gasteiger partial charge in [0.15, 0.2) is 0 Å². The predicted molar refractivity (Wildman–Crippen MR) is 111 cm³/mol. The van der Waals surface area contributed by atoms with Crippen molar-refractivity contribution >= 4 is 12.1 Å². The highest BCUT2D eigenvalue weighted by molar-refractivity contribution is 5.86. The van der Waals surface area contributed by atoms with Crippen molar-refractivity contribution < 1.29 is 19.4 Å². The Morgan fingerprint density at radius 1 is 1.14 bits per heavy atom. The molecule has 0 saturated carbocycles. The SMILES string of the molecule is CC[C@H](C)[C@]1(C(=O)O)CCCN1C(=O)OCC1c2ccccc2-c2ccccc21. The number of fused-ring (bicyclic) bond motifs is 3. The molecule has 2 aliphatic rings. The third-order valence-corrected chi connectivity index (χ3v) is 6.78. The van der Waals surface area contributed by atoms with Gasteiger partial charge in [-0.2, -0.15) is 0 Å². The van der Waals surface area contributed by atoms with Crippen molar-refractivity contribution in [2.75, 3.05) is 13.2 Å². The largest absolute Gasteiger partial charge is 0.479 e. The zero-order chi connectivity index (χ0) is 20.6. The molecule has 1 amide bonds. The lowest BCUT2D eigenvalue weighted by Gasteiger charge is -2.38. The van der Waals surface area contributed by atoms with Gasteiger partial charge >= 0.3 is 12.1 Å². The van der Waals surface area contributed by atoms with Crippen molar-refractivity contribution in [2.45, 2.75) is 44.6 Å². The summed E-state index contributed by atoms with van der Waals surface area (Å²) in [4.78, 5) is 26.6. The van der Waals surface area contributed by atoms with Crippen LogP contribution in [0, 0.1) is 5.92 Å². The molecule has 0 spiro atoms. The van der Waals surface area contributed by atoms with Crippen LogP contribution in [0.4, 0.5) is 4.79 Å². The van der Waals surface area contributed by atoms with Gasteiger partial charge in [-0.1, -0.05) is 68.8 Å². The first kappa shape index (κ1) is 19.5. The number of rotatable bonds is 5. The molecule has 1 N–H and O–H groups in total. The fraction of sp³-hybridized carbons (Fsp3) is 0.417. The molecule has 0 radical (unpaired) electrons. The molecule has 5 nitrogen and oxygen atoms in total. The van der Waals surface area contributed by atoms with E-state index in [0.29, 0.717) is 25.8 Å². The second-order valence-corrected chi connectivity index (χ2v) is 8.10. The van der Waals surface area contributed by atoms with Gasteiger partial charge in [-0.3, -0.25) is 4.90 Å². The fourth-order valence-corrected chi connectivity index (χ4v) is 5.05. The zero-order valence-corrected chi connectivity index (χ0v) is 16.9. The molecular formula is C24H27NO4. The van der Waals surface area contributed by atoms with Gasteiger partial charge in [0, 0.05) is 12.5 Å². The topological polar surface area (TPSA) is 66.8 Å². The van der Waals surface area contributed by atoms with Crippen LogP contribution in [0.25, 0.3) is 11.1 Å². The van der Waals surface area contributed by atoms with Gasteiger partial charge in [0.05, 0.1) is 0 Å². The monoisotopic (exact) mass is 393 g/mol. The van der Waals surface area contributed by atoms with E-state index in [1.165, 1.54) is 16.0 Å². The summed E-state index contributed by atoms with van der Waals surface area (Å²) in [6.45, 7) is 4.50. The molecule has 0 aromatic heterocycles. The maximum Gasteiger partial charge on any atom is 0.410 e. The number of carboxylic acid groups (broad SMARTS) is 1. The van der Waals surface area contributed by atoms with Crippen LogP contribution in [-0.4, -0.2) is 40.8 Å². The molecule has 1 heterocycles. The molecule has 1 aliphatic heterocycles. The van der Waals surface area contributed by atoms with Crippen LogP contribution in [0.3, 0.4) is 0 Å². The highest BCUT2D eigenvalue weighted by Gasteiger charge is 2.53. The normalized spacial score (nSPS) is 21.5. The molecule has 0 unspecified atom stereocenters. The van der Waals surface area contributed by atoms with E-state index in [-0.39, 0.29) is 18.4 Å². The summed E-state index contributed by atoms with van der Waals surface area (Å²) in [6.07, 6.45) is 1.33. The zero-order valence-electron chi connectivity index (χ0n) is 16.9. The first-order chi connectivity index (χ1) is 14.0. The quantitative estimate of drug-likeness (QED) is 0.784. The van der Waals surface area contributed by atoms with Crippen LogP contribution < -0.4 is 0 Å². The van der Waals surface area contributed by atoms with Gasteiger partial charge in [0.2, 0.25) is 0 Å². The minimum Gasteiger partial charge on any atom is -0.479 e. The average Bonchev–Trinajstić information content (AvgIpc) is 3.32. The molecule has 152 valence electrons. The van der Waals surface area contributed by atoms with Gasteiger partial charge in [-0.25, -0.2) is 9.59 Å². The Hall–Kier alpha value is -2.82. The summed E-state index contributed by atoms with van der Waals surface area (Å²) >= 11 is 0. The number of carboxylic acids is 1. The fourth-order valence-electron chi connectivity index (χ4n) is 5.05. The molecule has 2 aromatic carbocycles. The highest BCUT2D eigenvalue weighted by Crippen LogP contribution is 2.45. The van der Waals surface area contributed by atoms with Gasteiger partial charge in [0.25, 0.3) is 0 Å². The van der Waals surface area contributed by atoms with E-state index < -0.39 is 17.6 Å². The number of aliphatic carboxylic acids is 1. The number of likely N-dealkylation sites (tertiary alicyclic amines) is 1. The van der Waals surface area contributed by atoms with Crippen molar-refractivity contribution in [3.8, 4) is 11.1 Å². The van der Waals surface area contributed by atoms with Crippen molar-refractivity contribution in [2.24, 2.45) is 5.92 Å². The minimum absolute atomic E-state index is 0.0308. The molecule has 0 bridgehead atoms. The van der Waals surface area contributed by atoms with Crippen LogP contribution in [-0.2, 0) is 9.53 Å². The van der Waals surface area contributed by atoms with Crippen LogP contribution in [0.2, 0.25) is 0 Å². The minimum atomic E-state index is -1.17. The maximum atomic E-state index is 13.0. The number of carbonyl (C=O) groups is 2. The molecule has 5 heteroatoms. The smallest absolute Gasteiger partial charge is 0.410 e. The summed E-state index contributed by atoms with van der Waals surface area (Å²) in [5.74, 6) is -1.10. The number of amides is 1. The Kier molecular flexibility index (Phi) is 5.07. The maximum absolute atomic E-state index is 13.0. The second kappa shape index (κ2) is 7.54. The van der Waals surface area contributed by atoms with Crippen molar-refractivity contribution in [1.82, 2.24) is 4.90 Å². The third-order valence-electron chi connectivity index (χ3n) is 6.78. The Morgan fingerprint density at radius 3 is 2.28 bits per heavy atom. The molecule has 4 rings (SSSR count). The standard InChI is InChI=1S/C24H27NO4/c1-3-16(2)24(22(26)27)13-8-14-25(24)23(28)29-15-21-19-11-6-4-9-17(19)18-10-5-7-12-20(18)21/h4-7,9-12,16,21H,3,8,13-15H2,1-2H3,(H,26,27)/t16-,24-/m0/s1. The molecule has 2 aromatic rings. The molecule has 29 heavy (non-hydrogen) atoms. The van der Waals surface area contributed by atoms with Gasteiger partial charge in [-0.05, 0) is 41.0 Å². The van der Waals surface area contributed by atoms with Gasteiger partial charge in [-0.15, -0.1) is 0 Å². The summed E-state index contributed by atoms with van der Waals surface area (Å²) in [5, 5.41) is 9.98. The van der Waals surface area contributed by atoms with E-state index in [1.54, 1.807) is 0 Å². The van der Waals surface area contributed by atoms with E-state index in [0.717, 1.165) is 11.1 Å². The molecule has 1 saturated heterocycles. The van der Waals surface area contributed by atoms with E-state index in [9.17, 15) is 14.7 Å². The van der Waals surface area contributed by atoms with Crippen LogP contribution in [0.1, 0.15) is 50.2 Å². The number of hydrogen-bond donors (Lipinski definition) is 1. The summed E-state index contributed by atoms with van der Waals surface area (Å²) < 4.78 is 5.75. The first-order valence-corrected chi connectivity index (χ1v) is 10.4. The number of benzene rings is 2. The van der Waals surface area contributed by atoms with Crippen molar-refractivity contribution in [3.63, 3.8) is 0 Å². The molecule has 1 fully saturated rings. The number of hydrogen-bond acceptors (Lipinski definition) is 3. The summed E-state index contributed by atoms with van der Waals surface area (Å²) in [5.41, 5.74) is 3.47. The van der Waals surface area contributed by atoms with Crippen molar-refractivity contribution in [1.29, 1.82) is 0 Å². The summed E-state index contributed by atoms with van der Waals surface area (Å²) in [6, 6.07) is 16.4. The van der Waals surface area contributed by atoms with E-state index in [4.69, 9.17) is 4.74 Å². The van der Waals surface area contributed by atoms with Crippen molar-refractivity contribution in [3.05, 3.63) is 59.7 Å². The second-order valence-electron chi connectivity index (χ2n) is 8.10. The van der Waals surface area contributed by atoms with Gasteiger partial charge in [0.1, 0.15) is 12.1 Å². The molecule has 2 atom stereocenters. The molecule has 1 aliphatic carbocycles. The number of carbonyl (C=O) groups excluding carboxylic acids is 1. The molecular weight excluding hydrogens is 366 g/mol. The lowest BCUT2D eigenvalue weighted by molar-refractivity contribution is -0.152. The Balaban J connectivity index is 1.57. The first-order valence-electron chi connectivity index (χ1n) is 10.4. The summed E-state index contributed by atoms with van der Waals surface area (Å²) in [7, 11) is 0. The Labute approximate surface area is 171 Å². The van der Waals surface area contributed by atoms with E-state index in [2.05, 4.69) is 24.3 Å². The van der Waals surface area contributed by atoms with E-state index in [1.807, 2.05) is 38.1 Å². The lowest BCUT2D eigenvalue weighted by Crippen LogP contribution is -2.57. The predicted octanol–water partition coefficient (Wildman–Crippen LogP) is 4.90. The van der Waals surface area contributed by atoms with Crippen LogP contribution in [0.5, 0.6) is 0 Å². The van der Waals surface area contributed by atoms with Crippen LogP contribution >= 0.6 is 0 Å².